The molecule has 39 heavy (non-hydrogen) atoms. The first-order valence-corrected chi connectivity index (χ1v) is 12.6. The second kappa shape index (κ2) is 9.80. The number of ether oxygens (including phenoxy) is 1. The molecule has 1 fully saturated rings. The highest BCUT2D eigenvalue weighted by Crippen LogP contribution is 2.36. The first kappa shape index (κ1) is 24.5. The van der Waals surface area contributed by atoms with Crippen molar-refractivity contribution in [3.05, 3.63) is 78.5 Å². The number of anilines is 1. The maximum absolute atomic E-state index is 12.0. The molecule has 3 N–H and O–H groups in total. The third-order valence-corrected chi connectivity index (χ3v) is 7.40. The lowest BCUT2D eigenvalue weighted by atomic mass is 9.90. The van der Waals surface area contributed by atoms with Crippen molar-refractivity contribution in [2.45, 2.75) is 18.8 Å². The van der Waals surface area contributed by atoms with E-state index in [1.54, 1.807) is 23.6 Å². The van der Waals surface area contributed by atoms with Crippen LogP contribution in [0.15, 0.2) is 61.6 Å². The highest BCUT2D eigenvalue weighted by molar-refractivity contribution is 5.87. The van der Waals surface area contributed by atoms with Crippen molar-refractivity contribution in [1.82, 2.24) is 24.5 Å². The molecular weight excluding hydrogens is 496 g/mol. The number of likely N-dealkylation sites (tertiary alicyclic amines) is 1. The Hall–Kier alpha value is -4.83. The van der Waals surface area contributed by atoms with E-state index >= 15 is 0 Å². The Labute approximate surface area is 224 Å². The number of aliphatic hydroxyl groups is 1. The van der Waals surface area contributed by atoms with Gasteiger partial charge < -0.3 is 20.5 Å². The molecule has 2 aliphatic rings. The van der Waals surface area contributed by atoms with Gasteiger partial charge in [-0.05, 0) is 48.8 Å². The number of nitrogens with two attached hydrogens (primary N) is 1. The lowest BCUT2D eigenvalue weighted by molar-refractivity contribution is -0.135. The van der Waals surface area contributed by atoms with E-state index in [1.165, 1.54) is 4.52 Å². The van der Waals surface area contributed by atoms with Crippen LogP contribution in [0.1, 0.15) is 40.4 Å². The van der Waals surface area contributed by atoms with Crippen LogP contribution < -0.4 is 10.5 Å². The number of rotatable bonds is 5. The molecule has 0 radical (unpaired) electrons. The van der Waals surface area contributed by atoms with E-state index in [-0.39, 0.29) is 17.6 Å². The largest absolute Gasteiger partial charge is 0.464 e. The van der Waals surface area contributed by atoms with E-state index < -0.39 is 6.61 Å². The summed E-state index contributed by atoms with van der Waals surface area (Å²) < 4.78 is 7.03. The highest BCUT2D eigenvalue weighted by Gasteiger charge is 2.28. The average Bonchev–Trinajstić information content (AvgIpc) is 3.41. The van der Waals surface area contributed by atoms with Crippen LogP contribution in [0.4, 0.5) is 5.82 Å². The van der Waals surface area contributed by atoms with E-state index in [9.17, 15) is 9.59 Å². The fourth-order valence-corrected chi connectivity index (χ4v) is 5.23. The zero-order valence-corrected chi connectivity index (χ0v) is 21.1. The smallest absolute Gasteiger partial charge is 0.248 e. The number of allylic oxidation sites excluding steroid dienone is 2. The number of benzene rings is 1. The maximum Gasteiger partial charge on any atom is 0.248 e. The van der Waals surface area contributed by atoms with Gasteiger partial charge in [0.2, 0.25) is 5.91 Å². The van der Waals surface area contributed by atoms with Crippen molar-refractivity contribution in [3.8, 4) is 28.1 Å². The van der Waals surface area contributed by atoms with Gasteiger partial charge in [-0.15, -0.1) is 0 Å². The molecule has 0 spiro atoms. The zero-order valence-electron chi connectivity index (χ0n) is 21.1. The minimum absolute atomic E-state index is 0.0546. The van der Waals surface area contributed by atoms with Gasteiger partial charge >= 0.3 is 0 Å². The van der Waals surface area contributed by atoms with Crippen LogP contribution in [0.5, 0.6) is 5.75 Å². The molecular formula is C29H26N6O4. The Kier molecular flexibility index (Phi) is 6.16. The normalized spacial score (nSPS) is 15.3. The van der Waals surface area contributed by atoms with Gasteiger partial charge in [-0.3, -0.25) is 14.6 Å². The standard InChI is InChI=1S/C29H26N6O4/c1-17-8-11-39-25-5-3-19(12-21(17)25)24-4-2-20(13-31-24)22-14-32-35-28(30)23(15-36)27(33-29(22)35)18-6-9-34(10-7-18)26(38)16-37/h2-5,8,11-15,18,37H,1,6-7,9-10,16,30H2. The van der Waals surface area contributed by atoms with Gasteiger partial charge in [-0.25, -0.2) is 4.98 Å². The van der Waals surface area contributed by atoms with Crippen LogP contribution in [-0.4, -0.2) is 61.5 Å². The predicted octanol–water partition coefficient (Wildman–Crippen LogP) is 3.47. The predicted molar refractivity (Wildman–Crippen MR) is 146 cm³/mol. The SMILES string of the molecule is C=C1C=COc2ccc(-c3ccc(-c4cnn5c(N)c(C=O)c(C6CCN(C(=O)CO)CC6)nc45)cn3)cc21. The Bertz CT molecular complexity index is 1650. The van der Waals surface area contributed by atoms with Crippen LogP contribution in [0, 0.1) is 0 Å². The van der Waals surface area contributed by atoms with Gasteiger partial charge in [-0.2, -0.15) is 9.61 Å². The van der Waals surface area contributed by atoms with Crippen LogP contribution in [-0.2, 0) is 4.79 Å². The number of nitrogen functional groups attached to an aromatic ring is 1. The fraction of sp³-hybridized carbons (Fsp3) is 0.207. The number of aldehydes is 1. The molecule has 0 unspecified atom stereocenters. The molecule has 0 saturated carbocycles. The number of amides is 1. The van der Waals surface area contributed by atoms with Crippen molar-refractivity contribution >= 4 is 29.2 Å². The fourth-order valence-electron chi connectivity index (χ4n) is 5.23. The van der Waals surface area contributed by atoms with Gasteiger partial charge in [-0.1, -0.05) is 12.6 Å². The number of fused-ring (bicyclic) bond motifs is 2. The van der Waals surface area contributed by atoms with Gasteiger partial charge in [0.15, 0.2) is 11.9 Å². The van der Waals surface area contributed by atoms with Gasteiger partial charge in [0.05, 0.1) is 29.4 Å². The summed E-state index contributed by atoms with van der Waals surface area (Å²) >= 11 is 0. The Morgan fingerprint density at radius 3 is 2.67 bits per heavy atom. The van der Waals surface area contributed by atoms with E-state index in [2.05, 4.69) is 16.7 Å². The second-order valence-electron chi connectivity index (χ2n) is 9.61. The number of carbonyl (C=O) groups excluding carboxylic acids is 2. The maximum atomic E-state index is 12.0. The van der Waals surface area contributed by atoms with Crippen molar-refractivity contribution in [2.24, 2.45) is 0 Å². The molecule has 1 saturated heterocycles. The average molecular weight is 523 g/mol. The molecule has 0 atom stereocenters. The Balaban J connectivity index is 1.33. The lowest BCUT2D eigenvalue weighted by Gasteiger charge is -2.32. The molecule has 3 aromatic heterocycles. The Morgan fingerprint density at radius 1 is 1.15 bits per heavy atom. The second-order valence-corrected chi connectivity index (χ2v) is 9.61. The van der Waals surface area contributed by atoms with Crippen LogP contribution in [0.2, 0.25) is 0 Å². The van der Waals surface area contributed by atoms with E-state index in [0.717, 1.165) is 39.3 Å². The number of piperidine rings is 1. The van der Waals surface area contributed by atoms with E-state index in [4.69, 9.17) is 20.6 Å². The van der Waals surface area contributed by atoms with Crippen molar-refractivity contribution in [2.75, 3.05) is 25.4 Å². The van der Waals surface area contributed by atoms with Crippen LogP contribution in [0.3, 0.4) is 0 Å². The van der Waals surface area contributed by atoms with Crippen molar-refractivity contribution < 1.29 is 19.4 Å². The summed E-state index contributed by atoms with van der Waals surface area (Å²) in [5.74, 6) is 0.627. The number of pyridine rings is 1. The van der Waals surface area contributed by atoms with Gasteiger partial charge in [0, 0.05) is 47.5 Å². The summed E-state index contributed by atoms with van der Waals surface area (Å²) in [4.78, 5) is 35.1. The summed E-state index contributed by atoms with van der Waals surface area (Å²) in [7, 11) is 0. The zero-order chi connectivity index (χ0) is 27.1. The quantitative estimate of drug-likeness (QED) is 0.380. The third kappa shape index (κ3) is 4.24. The number of aromatic nitrogens is 4. The molecule has 5 heterocycles. The molecule has 1 amide bonds. The molecule has 196 valence electrons. The van der Waals surface area contributed by atoms with Crippen molar-refractivity contribution in [3.63, 3.8) is 0 Å². The van der Waals surface area contributed by atoms with Crippen molar-refractivity contribution in [1.29, 1.82) is 0 Å². The number of nitrogens with zero attached hydrogens (tertiary/aromatic N) is 5. The van der Waals surface area contributed by atoms with Gasteiger partial charge in [0.1, 0.15) is 18.2 Å². The number of aliphatic hydroxyl groups excluding tert-OH is 1. The summed E-state index contributed by atoms with van der Waals surface area (Å²) in [5, 5.41) is 13.6. The molecule has 1 aromatic carbocycles. The topological polar surface area (TPSA) is 136 Å². The monoisotopic (exact) mass is 522 g/mol. The number of hydrogen-bond acceptors (Lipinski definition) is 8. The van der Waals surface area contributed by atoms with Gasteiger partial charge in [0.25, 0.3) is 0 Å². The summed E-state index contributed by atoms with van der Waals surface area (Å²) in [6.45, 7) is 4.52. The minimum Gasteiger partial charge on any atom is -0.464 e. The Morgan fingerprint density at radius 2 is 1.95 bits per heavy atom. The number of hydrogen-bond donors (Lipinski definition) is 2. The van der Waals surface area contributed by atoms with E-state index in [1.807, 2.05) is 36.4 Å². The minimum atomic E-state index is -0.513. The summed E-state index contributed by atoms with van der Waals surface area (Å²) in [5.41, 5.74) is 12.9. The first-order valence-electron chi connectivity index (χ1n) is 12.6. The molecule has 0 aliphatic carbocycles. The third-order valence-electron chi connectivity index (χ3n) is 7.40. The van der Waals surface area contributed by atoms with Crippen LogP contribution in [0.25, 0.3) is 33.6 Å². The number of carbonyl (C=O) groups is 2. The summed E-state index contributed by atoms with van der Waals surface area (Å²) in [6, 6.07) is 9.75. The first-order chi connectivity index (χ1) is 19.0. The van der Waals surface area contributed by atoms with E-state index in [0.29, 0.717) is 49.1 Å². The lowest BCUT2D eigenvalue weighted by Crippen LogP contribution is -2.39. The molecule has 6 rings (SSSR count). The molecule has 0 bridgehead atoms. The molecule has 2 aliphatic heterocycles. The molecule has 10 nitrogen and oxygen atoms in total. The molecule has 10 heteroatoms. The molecule has 4 aromatic rings. The van der Waals surface area contributed by atoms with Crippen LogP contribution >= 0.6 is 0 Å². The summed E-state index contributed by atoms with van der Waals surface area (Å²) in [6.07, 6.45) is 8.83. The highest BCUT2D eigenvalue weighted by atomic mass is 16.5.